The fourth-order valence-electron chi connectivity index (χ4n) is 2.64. The summed E-state index contributed by atoms with van der Waals surface area (Å²) in [6.45, 7) is 1.86. The molecule has 0 aliphatic carbocycles. The van der Waals surface area contributed by atoms with E-state index in [0.29, 0.717) is 13.0 Å². The van der Waals surface area contributed by atoms with Crippen LogP contribution in [-0.2, 0) is 11.3 Å². The van der Waals surface area contributed by atoms with E-state index in [4.69, 9.17) is 0 Å². The first kappa shape index (κ1) is 19.7. The van der Waals surface area contributed by atoms with Crippen LogP contribution >= 0.6 is 0 Å². The number of fused-ring (bicyclic) bond motifs is 1. The van der Waals surface area contributed by atoms with Crippen molar-refractivity contribution in [1.82, 2.24) is 30.0 Å². The Hall–Kier alpha value is -4.09. The zero-order valence-electron chi connectivity index (χ0n) is 15.4. The van der Waals surface area contributed by atoms with Crippen molar-refractivity contribution in [1.29, 1.82) is 0 Å². The highest BCUT2D eigenvalue weighted by molar-refractivity contribution is 5.94. The van der Waals surface area contributed by atoms with E-state index >= 15 is 0 Å². The summed E-state index contributed by atoms with van der Waals surface area (Å²) in [4.78, 5) is 51.0. The second-order valence-electron chi connectivity index (χ2n) is 6.02. The standard InChI is InChI=1S/C17H17N7O5/c1-2-7-18-17(27)21-14(25)9-22-10-19-15-11(16(22)26)8-20-23(15)12-5-3-4-6-13(12)24(28)29/h3-6,8,10H,2,7,9H2,1H3,(H2,18,21,25,27). The van der Waals surface area contributed by atoms with Gasteiger partial charge in [-0.05, 0) is 12.5 Å². The lowest BCUT2D eigenvalue weighted by molar-refractivity contribution is -0.384. The van der Waals surface area contributed by atoms with Crippen LogP contribution in [-0.4, -0.2) is 42.7 Å². The summed E-state index contributed by atoms with van der Waals surface area (Å²) < 4.78 is 2.22. The molecule has 3 rings (SSSR count). The number of nitro groups is 1. The maximum atomic E-state index is 12.6. The monoisotopic (exact) mass is 399 g/mol. The Bertz CT molecular complexity index is 1150. The molecule has 3 amide bonds. The van der Waals surface area contributed by atoms with Crippen LogP contribution in [0.25, 0.3) is 16.7 Å². The first-order chi connectivity index (χ1) is 13.9. The molecule has 150 valence electrons. The number of nitrogens with one attached hydrogen (secondary N) is 2. The second kappa shape index (κ2) is 8.29. The molecular formula is C17H17N7O5. The van der Waals surface area contributed by atoms with Gasteiger partial charge in [0.05, 0.1) is 11.1 Å². The summed E-state index contributed by atoms with van der Waals surface area (Å²) in [7, 11) is 0. The average molecular weight is 399 g/mol. The Balaban J connectivity index is 1.89. The zero-order chi connectivity index (χ0) is 21.0. The van der Waals surface area contributed by atoms with E-state index in [0.717, 1.165) is 10.9 Å². The molecule has 0 atom stereocenters. The third-order valence-electron chi connectivity index (χ3n) is 3.96. The van der Waals surface area contributed by atoms with Gasteiger partial charge in [0, 0.05) is 12.6 Å². The van der Waals surface area contributed by atoms with Gasteiger partial charge in [-0.25, -0.2) is 14.5 Å². The van der Waals surface area contributed by atoms with Gasteiger partial charge in [0.1, 0.15) is 23.9 Å². The maximum Gasteiger partial charge on any atom is 0.321 e. The van der Waals surface area contributed by atoms with Crippen LogP contribution in [0.2, 0.25) is 0 Å². The van der Waals surface area contributed by atoms with Crippen molar-refractivity contribution in [2.45, 2.75) is 19.9 Å². The molecule has 0 saturated carbocycles. The predicted molar refractivity (Wildman–Crippen MR) is 102 cm³/mol. The van der Waals surface area contributed by atoms with Gasteiger partial charge in [0.2, 0.25) is 5.91 Å². The van der Waals surface area contributed by atoms with Crippen molar-refractivity contribution in [3.8, 4) is 5.69 Å². The lowest BCUT2D eigenvalue weighted by Crippen LogP contribution is -2.42. The summed E-state index contributed by atoms with van der Waals surface area (Å²) in [5.74, 6) is -0.687. The van der Waals surface area contributed by atoms with Crippen LogP contribution in [0.1, 0.15) is 13.3 Å². The summed E-state index contributed by atoms with van der Waals surface area (Å²) in [5, 5.41) is 20.0. The molecule has 0 radical (unpaired) electrons. The van der Waals surface area contributed by atoms with Crippen molar-refractivity contribution < 1.29 is 14.5 Å². The third kappa shape index (κ3) is 4.10. The molecule has 0 saturated heterocycles. The molecule has 0 aliphatic heterocycles. The number of benzene rings is 1. The minimum atomic E-state index is -0.687. The van der Waals surface area contributed by atoms with E-state index in [1.165, 1.54) is 29.1 Å². The lowest BCUT2D eigenvalue weighted by Gasteiger charge is -2.08. The van der Waals surface area contributed by atoms with Gasteiger partial charge in [-0.3, -0.25) is 29.6 Å². The van der Waals surface area contributed by atoms with Gasteiger partial charge in [-0.15, -0.1) is 0 Å². The van der Waals surface area contributed by atoms with Crippen LogP contribution in [0, 0.1) is 10.1 Å². The SMILES string of the molecule is CCCNC(=O)NC(=O)Cn1cnc2c(cnn2-c2ccccc2[N+](=O)[O-])c1=O. The largest absolute Gasteiger partial charge is 0.338 e. The van der Waals surface area contributed by atoms with E-state index in [-0.39, 0.29) is 22.4 Å². The molecular weight excluding hydrogens is 382 g/mol. The lowest BCUT2D eigenvalue weighted by atomic mass is 10.2. The number of aromatic nitrogens is 4. The van der Waals surface area contributed by atoms with E-state index in [9.17, 15) is 24.5 Å². The minimum Gasteiger partial charge on any atom is -0.338 e. The van der Waals surface area contributed by atoms with Crippen LogP contribution in [0.15, 0.2) is 41.6 Å². The number of hydrogen-bond donors (Lipinski definition) is 2. The summed E-state index contributed by atoms with van der Waals surface area (Å²) in [6, 6.07) is 5.27. The predicted octanol–water partition coefficient (Wildman–Crippen LogP) is 0.726. The molecule has 0 bridgehead atoms. The van der Waals surface area contributed by atoms with E-state index in [1.807, 2.05) is 6.92 Å². The molecule has 1 aromatic carbocycles. The Morgan fingerprint density at radius 2 is 2.03 bits per heavy atom. The Morgan fingerprint density at radius 3 is 2.76 bits per heavy atom. The first-order valence-corrected chi connectivity index (χ1v) is 8.67. The van der Waals surface area contributed by atoms with E-state index in [1.54, 1.807) is 6.07 Å². The van der Waals surface area contributed by atoms with Crippen LogP contribution in [0.3, 0.4) is 0 Å². The van der Waals surface area contributed by atoms with Crippen LogP contribution in [0.5, 0.6) is 0 Å². The van der Waals surface area contributed by atoms with Gasteiger partial charge in [-0.2, -0.15) is 5.10 Å². The van der Waals surface area contributed by atoms with Crippen molar-refractivity contribution in [3.63, 3.8) is 0 Å². The number of hydrogen-bond acceptors (Lipinski definition) is 7. The fourth-order valence-corrected chi connectivity index (χ4v) is 2.64. The molecule has 0 spiro atoms. The number of amides is 3. The smallest absolute Gasteiger partial charge is 0.321 e. The second-order valence-corrected chi connectivity index (χ2v) is 6.02. The summed E-state index contributed by atoms with van der Waals surface area (Å²) >= 11 is 0. The molecule has 0 fully saturated rings. The normalized spacial score (nSPS) is 10.7. The van der Waals surface area contributed by atoms with Crippen LogP contribution < -0.4 is 16.2 Å². The Kier molecular flexibility index (Phi) is 5.62. The summed E-state index contributed by atoms with van der Waals surface area (Å²) in [6.07, 6.45) is 3.07. The number of carbonyl (C=O) groups excluding carboxylic acids is 2. The minimum absolute atomic E-state index is 0.0777. The Morgan fingerprint density at radius 1 is 1.28 bits per heavy atom. The quantitative estimate of drug-likeness (QED) is 0.457. The maximum absolute atomic E-state index is 12.6. The topological polar surface area (TPSA) is 154 Å². The van der Waals surface area contributed by atoms with Crippen molar-refractivity contribution in [2.24, 2.45) is 0 Å². The van der Waals surface area contributed by atoms with Gasteiger partial charge >= 0.3 is 6.03 Å². The number of carbonyl (C=O) groups is 2. The molecule has 3 aromatic rings. The third-order valence-corrected chi connectivity index (χ3v) is 3.96. The molecule has 12 nitrogen and oxygen atoms in total. The van der Waals surface area contributed by atoms with Gasteiger partial charge in [0.15, 0.2) is 5.65 Å². The molecule has 29 heavy (non-hydrogen) atoms. The van der Waals surface area contributed by atoms with Crippen molar-refractivity contribution >= 4 is 28.7 Å². The first-order valence-electron chi connectivity index (χ1n) is 8.67. The number of para-hydroxylation sites is 2. The molecule has 12 heteroatoms. The highest BCUT2D eigenvalue weighted by Gasteiger charge is 2.19. The highest BCUT2D eigenvalue weighted by atomic mass is 16.6. The average Bonchev–Trinajstić information content (AvgIpc) is 3.13. The molecule has 2 aromatic heterocycles. The van der Waals surface area contributed by atoms with Crippen molar-refractivity contribution in [3.05, 3.63) is 57.3 Å². The van der Waals surface area contributed by atoms with Gasteiger partial charge in [0.25, 0.3) is 11.2 Å². The molecule has 2 heterocycles. The number of nitro benzene ring substituents is 1. The van der Waals surface area contributed by atoms with E-state index < -0.39 is 29.0 Å². The Labute approximate surface area is 163 Å². The number of urea groups is 1. The molecule has 0 aliphatic rings. The van der Waals surface area contributed by atoms with Crippen LogP contribution in [0.4, 0.5) is 10.5 Å². The van der Waals surface area contributed by atoms with Gasteiger partial charge < -0.3 is 5.32 Å². The number of nitrogens with zero attached hydrogens (tertiary/aromatic N) is 5. The zero-order valence-corrected chi connectivity index (χ0v) is 15.4. The number of imide groups is 1. The fraction of sp³-hybridized carbons (Fsp3) is 0.235. The number of rotatable bonds is 6. The molecule has 0 unspecified atom stereocenters. The highest BCUT2D eigenvalue weighted by Crippen LogP contribution is 2.23. The van der Waals surface area contributed by atoms with E-state index in [2.05, 4.69) is 20.7 Å². The summed E-state index contributed by atoms with van der Waals surface area (Å²) in [5.41, 5.74) is -0.492. The van der Waals surface area contributed by atoms with Crippen molar-refractivity contribution in [2.75, 3.05) is 6.54 Å². The van der Waals surface area contributed by atoms with Gasteiger partial charge in [-0.1, -0.05) is 19.1 Å². The molecule has 2 N–H and O–H groups in total.